The molecule has 0 unspecified atom stereocenters. The fraction of sp³-hybridized carbons (Fsp3) is 0. The van der Waals surface area contributed by atoms with E-state index in [0.29, 0.717) is 0 Å². The van der Waals surface area contributed by atoms with E-state index >= 15 is 0 Å². The maximum absolute atomic E-state index is 0. The van der Waals surface area contributed by atoms with Gasteiger partial charge in [-0.2, -0.15) is 0 Å². The van der Waals surface area contributed by atoms with Crippen molar-refractivity contribution in [3.63, 3.8) is 0 Å². The van der Waals surface area contributed by atoms with Crippen molar-refractivity contribution in [3.05, 3.63) is 0 Å². The average molecular weight is 122 g/mol. The van der Waals surface area contributed by atoms with Crippen LogP contribution in [0, 0.1) is 0 Å². The Morgan fingerprint density at radius 2 is 1.25 bits per heavy atom. The molecule has 0 aromatic heterocycles. The molecule has 0 radical (unpaired) electrons. The Labute approximate surface area is 73.9 Å². The third-order valence-corrected chi connectivity index (χ3v) is 0. The molecule has 0 aliphatic heterocycles. The van der Waals surface area contributed by atoms with Crippen LogP contribution in [0.2, 0.25) is 0 Å². The fourth-order valence-corrected chi connectivity index (χ4v) is 0. The first-order valence-electron chi connectivity index (χ1n) is 0. The molecule has 0 aliphatic carbocycles. The summed E-state index contributed by atoms with van der Waals surface area (Å²) >= 11 is 0. The Hall–Kier alpha value is 2.18. The van der Waals surface area contributed by atoms with E-state index in [1.807, 2.05) is 0 Å². The molecule has 0 bridgehead atoms. The van der Waals surface area contributed by atoms with Gasteiger partial charge in [0.2, 0.25) is 0 Å². The average Bonchev–Trinajstić information content (AvgIpc) is 0. The maximum Gasteiger partial charge on any atom is 1.00 e. The van der Waals surface area contributed by atoms with E-state index in [4.69, 9.17) is 0 Å². The molecule has 0 aromatic rings. The van der Waals surface area contributed by atoms with Crippen molar-refractivity contribution in [2.75, 3.05) is 0 Å². The monoisotopic (exact) mass is 122 g/mol. The van der Waals surface area contributed by atoms with Crippen LogP contribution in [-0.2, 0) is 21.7 Å². The van der Waals surface area contributed by atoms with Gasteiger partial charge in [0, 0.05) is 21.7 Å². The molecule has 4 heteroatoms. The first-order valence-corrected chi connectivity index (χ1v) is 0. The first-order chi connectivity index (χ1) is 0. The molecule has 0 aliphatic rings. The van der Waals surface area contributed by atoms with Crippen molar-refractivity contribution in [3.8, 4) is 0 Å². The van der Waals surface area contributed by atoms with Gasteiger partial charge in [-0.1, -0.05) is 0 Å². The summed E-state index contributed by atoms with van der Waals surface area (Å²) < 4.78 is 0. The Morgan fingerprint density at radius 3 is 1.25 bits per heavy atom. The molecule has 0 nitrogen and oxygen atoms in total. The van der Waals surface area contributed by atoms with Crippen molar-refractivity contribution in [1.29, 1.82) is 0 Å². The second-order valence-electron chi connectivity index (χ2n) is 0. The number of hydrogen-bond acceptors (Lipinski definition) is 0. The SMILES string of the molecule is F.[AlH3].[H-].[Na+].[Ti]. The Kier molecular flexibility index (Phi) is 166. The minimum atomic E-state index is 0. The van der Waals surface area contributed by atoms with Crippen LogP contribution in [0.4, 0.5) is 4.70 Å². The van der Waals surface area contributed by atoms with Crippen molar-refractivity contribution < 1.29 is 57.4 Å². The van der Waals surface area contributed by atoms with E-state index in [0.717, 1.165) is 0 Å². The molecule has 0 saturated carbocycles. The van der Waals surface area contributed by atoms with Crippen LogP contribution in [0.1, 0.15) is 1.43 Å². The quantitative estimate of drug-likeness (QED) is 0.288. The van der Waals surface area contributed by atoms with Crippen LogP contribution in [-0.4, -0.2) is 17.4 Å². The third kappa shape index (κ3) is 8.90. The fourth-order valence-electron chi connectivity index (χ4n) is 0. The summed E-state index contributed by atoms with van der Waals surface area (Å²) in [6.07, 6.45) is 0. The molecule has 0 saturated heterocycles. The summed E-state index contributed by atoms with van der Waals surface area (Å²) in [5.74, 6) is 0. The normalized spacial score (nSPS) is 0. The molecule has 4 heavy (non-hydrogen) atoms. The van der Waals surface area contributed by atoms with Gasteiger partial charge < -0.3 is 1.43 Å². The van der Waals surface area contributed by atoms with Gasteiger partial charge in [-0.25, -0.2) is 0 Å². The molecule has 0 rings (SSSR count). The molecule has 0 amide bonds. The zero-order valence-corrected chi connectivity index (χ0v) is 5.47. The van der Waals surface area contributed by atoms with Crippen LogP contribution >= 0.6 is 0 Å². The molecule has 0 aromatic carbocycles. The van der Waals surface area contributed by atoms with Crippen molar-refractivity contribution in [2.24, 2.45) is 0 Å². The molecule has 0 spiro atoms. The number of halogens is 1. The smallest absolute Gasteiger partial charge is 1.00 e. The molecular weight excluding hydrogens is 117 g/mol. The number of rotatable bonds is 0. The van der Waals surface area contributed by atoms with Crippen LogP contribution < -0.4 is 29.6 Å². The minimum Gasteiger partial charge on any atom is -1.00 e. The van der Waals surface area contributed by atoms with Crippen LogP contribution in [0.25, 0.3) is 0 Å². The molecule has 20 valence electrons. The standard InChI is InChI=1S/Al.FH.Na.Ti.4H/h;1H;;;;;;/q;;+1;;;;;-1. The van der Waals surface area contributed by atoms with E-state index in [2.05, 4.69) is 0 Å². The van der Waals surface area contributed by atoms with Gasteiger partial charge in [-0.3, -0.25) is 4.70 Å². The second-order valence-corrected chi connectivity index (χ2v) is 0. The predicted octanol–water partition coefficient (Wildman–Crippen LogP) is -3.92. The summed E-state index contributed by atoms with van der Waals surface area (Å²) in [5.41, 5.74) is 0. The van der Waals surface area contributed by atoms with E-state index in [-0.39, 0.29) is 74.8 Å². The minimum absolute atomic E-state index is 0. The van der Waals surface area contributed by atoms with Gasteiger partial charge in [-0.05, 0) is 0 Å². The zero-order valence-electron chi connectivity index (χ0n) is 2.91. The molecule has 0 atom stereocenters. The molecule has 0 fully saturated rings. The first kappa shape index (κ1) is 34.9. The van der Waals surface area contributed by atoms with Crippen LogP contribution in [0.3, 0.4) is 0 Å². The second kappa shape index (κ2) is 19.1. The zero-order chi connectivity index (χ0) is 0. The summed E-state index contributed by atoms with van der Waals surface area (Å²) in [7, 11) is 0. The Morgan fingerprint density at radius 1 is 1.25 bits per heavy atom. The van der Waals surface area contributed by atoms with E-state index in [1.165, 1.54) is 0 Å². The largest absolute Gasteiger partial charge is 1.00 e. The number of hydrogen-bond donors (Lipinski definition) is 0. The summed E-state index contributed by atoms with van der Waals surface area (Å²) in [6, 6.07) is 0. The van der Waals surface area contributed by atoms with Gasteiger partial charge in [0.15, 0.2) is 17.4 Å². The maximum atomic E-state index is 0. The summed E-state index contributed by atoms with van der Waals surface area (Å²) in [4.78, 5) is 0. The van der Waals surface area contributed by atoms with E-state index in [1.54, 1.807) is 0 Å². The predicted molar refractivity (Wildman–Crippen MR) is 13.6 cm³/mol. The topological polar surface area (TPSA) is 0 Å². The Balaban J connectivity index is 0. The molecule has 0 heterocycles. The van der Waals surface area contributed by atoms with Gasteiger partial charge in [0.25, 0.3) is 0 Å². The van der Waals surface area contributed by atoms with E-state index in [9.17, 15) is 0 Å². The van der Waals surface area contributed by atoms with Crippen LogP contribution in [0.15, 0.2) is 0 Å². The summed E-state index contributed by atoms with van der Waals surface area (Å²) in [6.45, 7) is 0. The van der Waals surface area contributed by atoms with Crippen LogP contribution in [0.5, 0.6) is 0 Å². The van der Waals surface area contributed by atoms with E-state index < -0.39 is 0 Å². The van der Waals surface area contributed by atoms with Crippen molar-refractivity contribution in [2.45, 2.75) is 0 Å². The molecular formula is H5AlFNaTi. The van der Waals surface area contributed by atoms with Gasteiger partial charge >= 0.3 is 29.6 Å². The Bertz CT molecular complexity index is 11.6. The van der Waals surface area contributed by atoms with Crippen molar-refractivity contribution in [1.82, 2.24) is 0 Å². The van der Waals surface area contributed by atoms with Gasteiger partial charge in [-0.15, -0.1) is 0 Å². The summed E-state index contributed by atoms with van der Waals surface area (Å²) in [5, 5.41) is 0. The van der Waals surface area contributed by atoms with Gasteiger partial charge in [0.05, 0.1) is 0 Å². The molecule has 0 N–H and O–H groups in total. The van der Waals surface area contributed by atoms with Crippen molar-refractivity contribution >= 4 is 17.4 Å². The third-order valence-electron chi connectivity index (χ3n) is 0. The van der Waals surface area contributed by atoms with Gasteiger partial charge in [0.1, 0.15) is 0 Å².